The molecule has 1 unspecified atom stereocenters. The van der Waals surface area contributed by atoms with E-state index in [1.165, 1.54) is 41.6 Å². The lowest BCUT2D eigenvalue weighted by atomic mass is 10.1. The van der Waals surface area contributed by atoms with Gasteiger partial charge in [-0.1, -0.05) is 12.8 Å². The molecule has 0 radical (unpaired) electrons. The SMILES string of the molecule is COC(=O)C1CCCN1C(=O)c1cc(S(=O)(=O)N2CCCCCC2)ccc1OC. The highest BCUT2D eigenvalue weighted by molar-refractivity contribution is 7.89. The van der Waals surface area contributed by atoms with Crippen LogP contribution in [0.15, 0.2) is 23.1 Å². The number of carbonyl (C=O) groups is 2. The molecule has 1 aromatic rings. The van der Waals surface area contributed by atoms with E-state index in [9.17, 15) is 18.0 Å². The van der Waals surface area contributed by atoms with Crippen molar-refractivity contribution in [3.05, 3.63) is 23.8 Å². The highest BCUT2D eigenvalue weighted by Gasteiger charge is 2.37. The molecule has 0 spiro atoms. The molecule has 0 saturated carbocycles. The number of benzene rings is 1. The molecule has 29 heavy (non-hydrogen) atoms. The fraction of sp³-hybridized carbons (Fsp3) is 0.600. The van der Waals surface area contributed by atoms with Crippen LogP contribution in [0.1, 0.15) is 48.9 Å². The fourth-order valence-electron chi connectivity index (χ4n) is 3.99. The summed E-state index contributed by atoms with van der Waals surface area (Å²) in [6.07, 6.45) is 4.89. The summed E-state index contributed by atoms with van der Waals surface area (Å²) >= 11 is 0. The summed E-state index contributed by atoms with van der Waals surface area (Å²) in [5, 5.41) is 0. The molecular formula is C20H28N2O6S. The second-order valence-corrected chi connectivity index (χ2v) is 9.30. The third-order valence-corrected chi connectivity index (χ3v) is 7.49. The van der Waals surface area contributed by atoms with Gasteiger partial charge in [0, 0.05) is 19.6 Å². The van der Waals surface area contributed by atoms with E-state index in [4.69, 9.17) is 9.47 Å². The molecule has 3 rings (SSSR count). The van der Waals surface area contributed by atoms with Crippen LogP contribution in [0.25, 0.3) is 0 Å². The molecule has 1 amide bonds. The van der Waals surface area contributed by atoms with E-state index in [-0.39, 0.29) is 16.2 Å². The number of carbonyl (C=O) groups excluding carboxylic acids is 2. The van der Waals surface area contributed by atoms with Crippen LogP contribution in [0.4, 0.5) is 0 Å². The second kappa shape index (κ2) is 9.13. The predicted octanol–water partition coefficient (Wildman–Crippen LogP) is 2.04. The predicted molar refractivity (Wildman–Crippen MR) is 106 cm³/mol. The standard InChI is InChI=1S/C20H28N2O6S/c1-27-18-10-9-15(29(25,26)21-11-5-3-4-6-12-21)14-16(18)19(23)22-13-7-8-17(22)20(24)28-2/h9-10,14,17H,3-8,11-13H2,1-2H3. The van der Waals surface area contributed by atoms with Crippen molar-refractivity contribution in [2.45, 2.75) is 49.5 Å². The van der Waals surface area contributed by atoms with E-state index in [1.54, 1.807) is 0 Å². The largest absolute Gasteiger partial charge is 0.496 e. The average molecular weight is 425 g/mol. The lowest BCUT2D eigenvalue weighted by Gasteiger charge is -2.24. The van der Waals surface area contributed by atoms with Crippen LogP contribution in [0.3, 0.4) is 0 Å². The monoisotopic (exact) mass is 424 g/mol. The van der Waals surface area contributed by atoms with Crippen molar-refractivity contribution < 1.29 is 27.5 Å². The van der Waals surface area contributed by atoms with Gasteiger partial charge in [-0.25, -0.2) is 13.2 Å². The van der Waals surface area contributed by atoms with Gasteiger partial charge in [-0.3, -0.25) is 4.79 Å². The lowest BCUT2D eigenvalue weighted by Crippen LogP contribution is -2.41. The number of hydrogen-bond donors (Lipinski definition) is 0. The van der Waals surface area contributed by atoms with Crippen molar-refractivity contribution in [3.8, 4) is 5.75 Å². The maximum atomic E-state index is 13.2. The zero-order chi connectivity index (χ0) is 21.0. The van der Waals surface area contributed by atoms with Crippen molar-refractivity contribution in [2.24, 2.45) is 0 Å². The number of ether oxygens (including phenoxy) is 2. The minimum absolute atomic E-state index is 0.0670. The highest BCUT2D eigenvalue weighted by Crippen LogP contribution is 2.29. The first-order valence-corrected chi connectivity index (χ1v) is 11.4. The van der Waals surface area contributed by atoms with Crippen molar-refractivity contribution in [1.29, 1.82) is 0 Å². The third-order valence-electron chi connectivity index (χ3n) is 5.59. The summed E-state index contributed by atoms with van der Waals surface area (Å²) in [5.41, 5.74) is 0.138. The Balaban J connectivity index is 1.95. The molecule has 2 fully saturated rings. The molecule has 1 atom stereocenters. The number of hydrogen-bond acceptors (Lipinski definition) is 6. The Morgan fingerprint density at radius 3 is 2.31 bits per heavy atom. The number of methoxy groups -OCH3 is 2. The Morgan fingerprint density at radius 1 is 1.00 bits per heavy atom. The van der Waals surface area contributed by atoms with Gasteiger partial charge in [-0.05, 0) is 43.9 Å². The molecule has 8 nitrogen and oxygen atoms in total. The number of rotatable bonds is 5. The van der Waals surface area contributed by atoms with E-state index < -0.39 is 27.9 Å². The van der Waals surface area contributed by atoms with Crippen LogP contribution < -0.4 is 4.74 Å². The van der Waals surface area contributed by atoms with E-state index in [0.29, 0.717) is 32.5 Å². The van der Waals surface area contributed by atoms with Gasteiger partial charge in [0.2, 0.25) is 10.0 Å². The van der Waals surface area contributed by atoms with Crippen LogP contribution in [-0.2, 0) is 19.6 Å². The summed E-state index contributed by atoms with van der Waals surface area (Å²) in [6, 6.07) is 3.68. The molecule has 160 valence electrons. The first kappa shape index (κ1) is 21.6. The Morgan fingerprint density at radius 2 is 1.69 bits per heavy atom. The Bertz CT molecular complexity index is 862. The molecule has 0 aromatic heterocycles. The number of likely N-dealkylation sites (tertiary alicyclic amines) is 1. The number of nitrogens with zero attached hydrogens (tertiary/aromatic N) is 2. The second-order valence-electron chi connectivity index (χ2n) is 7.36. The van der Waals surface area contributed by atoms with Crippen LogP contribution in [-0.4, -0.2) is 69.4 Å². The summed E-state index contributed by atoms with van der Waals surface area (Å²) in [5.74, 6) is -0.619. The first-order chi connectivity index (χ1) is 13.9. The molecule has 1 aromatic carbocycles. The van der Waals surface area contributed by atoms with Gasteiger partial charge in [0.15, 0.2) is 0 Å². The van der Waals surface area contributed by atoms with Gasteiger partial charge in [0.25, 0.3) is 5.91 Å². The van der Waals surface area contributed by atoms with E-state index in [0.717, 1.165) is 25.7 Å². The van der Waals surface area contributed by atoms with Crippen molar-refractivity contribution in [1.82, 2.24) is 9.21 Å². The number of sulfonamides is 1. The van der Waals surface area contributed by atoms with Crippen molar-refractivity contribution >= 4 is 21.9 Å². The minimum atomic E-state index is -3.71. The minimum Gasteiger partial charge on any atom is -0.496 e. The molecule has 2 heterocycles. The lowest BCUT2D eigenvalue weighted by molar-refractivity contribution is -0.145. The molecule has 0 N–H and O–H groups in total. The summed E-state index contributed by atoms with van der Waals surface area (Å²) in [6.45, 7) is 1.37. The van der Waals surface area contributed by atoms with Crippen molar-refractivity contribution in [2.75, 3.05) is 33.9 Å². The molecule has 2 aliphatic heterocycles. The van der Waals surface area contributed by atoms with Crippen molar-refractivity contribution in [3.63, 3.8) is 0 Å². The van der Waals surface area contributed by atoms with E-state index >= 15 is 0 Å². The third kappa shape index (κ3) is 4.40. The quantitative estimate of drug-likeness (QED) is 0.672. The Kier molecular flexibility index (Phi) is 6.79. The summed E-state index contributed by atoms with van der Waals surface area (Å²) in [7, 11) is -0.992. The average Bonchev–Trinajstić information content (AvgIpc) is 3.05. The zero-order valence-corrected chi connectivity index (χ0v) is 17.7. The molecular weight excluding hydrogens is 396 g/mol. The fourth-order valence-corrected chi connectivity index (χ4v) is 5.54. The number of amides is 1. The van der Waals surface area contributed by atoms with Crippen LogP contribution >= 0.6 is 0 Å². The Labute approximate surface area is 171 Å². The summed E-state index contributed by atoms with van der Waals surface area (Å²) < 4.78 is 37.9. The number of esters is 1. The van der Waals surface area contributed by atoms with Gasteiger partial charge in [0.05, 0.1) is 24.7 Å². The van der Waals surface area contributed by atoms with E-state index in [1.807, 2.05) is 0 Å². The van der Waals surface area contributed by atoms with Crippen LogP contribution in [0.2, 0.25) is 0 Å². The van der Waals surface area contributed by atoms with Gasteiger partial charge >= 0.3 is 5.97 Å². The zero-order valence-electron chi connectivity index (χ0n) is 16.9. The molecule has 2 aliphatic rings. The van der Waals surface area contributed by atoms with Crippen LogP contribution in [0.5, 0.6) is 5.75 Å². The normalized spacial score (nSPS) is 20.9. The Hall–Kier alpha value is -2.13. The summed E-state index contributed by atoms with van der Waals surface area (Å²) in [4.78, 5) is 26.7. The molecule has 0 aliphatic carbocycles. The topological polar surface area (TPSA) is 93.2 Å². The van der Waals surface area contributed by atoms with E-state index in [2.05, 4.69) is 0 Å². The maximum Gasteiger partial charge on any atom is 0.328 e. The molecule has 2 saturated heterocycles. The highest BCUT2D eigenvalue weighted by atomic mass is 32.2. The van der Waals surface area contributed by atoms with Crippen LogP contribution in [0, 0.1) is 0 Å². The van der Waals surface area contributed by atoms with Gasteiger partial charge in [0.1, 0.15) is 11.8 Å². The van der Waals surface area contributed by atoms with Gasteiger partial charge in [-0.2, -0.15) is 4.31 Å². The van der Waals surface area contributed by atoms with Gasteiger partial charge < -0.3 is 14.4 Å². The molecule has 9 heteroatoms. The van der Waals surface area contributed by atoms with Gasteiger partial charge in [-0.15, -0.1) is 0 Å². The molecule has 0 bridgehead atoms. The first-order valence-electron chi connectivity index (χ1n) is 9.97. The smallest absolute Gasteiger partial charge is 0.328 e. The maximum absolute atomic E-state index is 13.2.